The van der Waals surface area contributed by atoms with Gasteiger partial charge >= 0.3 is 0 Å². The van der Waals surface area contributed by atoms with Gasteiger partial charge < -0.3 is 10.1 Å². The summed E-state index contributed by atoms with van der Waals surface area (Å²) >= 11 is 3.33. The Bertz CT molecular complexity index is 779. The number of halogens is 3. The fourth-order valence-electron chi connectivity index (χ4n) is 2.57. The molecule has 1 aliphatic heterocycles. The van der Waals surface area contributed by atoms with E-state index < -0.39 is 10.0 Å². The Kier molecular flexibility index (Phi) is 9.29. The van der Waals surface area contributed by atoms with Gasteiger partial charge in [0.05, 0.1) is 17.1 Å². The van der Waals surface area contributed by atoms with E-state index >= 15 is 0 Å². The maximum Gasteiger partial charge on any atom is 0.243 e. The number of piperazine rings is 1. The summed E-state index contributed by atoms with van der Waals surface area (Å²) in [6, 6.07) is 10.0. The van der Waals surface area contributed by atoms with Crippen molar-refractivity contribution < 1.29 is 13.2 Å². The lowest BCUT2D eigenvalue weighted by molar-refractivity contribution is 0.179. The minimum Gasteiger partial charge on any atom is -0.490 e. The van der Waals surface area contributed by atoms with Gasteiger partial charge in [-0.1, -0.05) is 15.9 Å². The summed E-state index contributed by atoms with van der Waals surface area (Å²) in [6.07, 6.45) is 3.28. The van der Waals surface area contributed by atoms with Gasteiger partial charge in [0, 0.05) is 30.3 Å². The van der Waals surface area contributed by atoms with E-state index in [1.165, 1.54) is 4.31 Å². The summed E-state index contributed by atoms with van der Waals surface area (Å²) in [5, 5.41) is 3.22. The lowest BCUT2D eigenvalue weighted by atomic mass is 10.2. The molecule has 0 spiro atoms. The van der Waals surface area contributed by atoms with Crippen LogP contribution in [0, 0.1) is 0 Å². The van der Waals surface area contributed by atoms with E-state index in [0.29, 0.717) is 30.3 Å². The van der Waals surface area contributed by atoms with Crippen LogP contribution >= 0.6 is 40.7 Å². The number of pyridine rings is 1. The van der Waals surface area contributed by atoms with Crippen molar-refractivity contribution in [3.63, 3.8) is 0 Å². The highest BCUT2D eigenvalue weighted by atomic mass is 79.9. The lowest BCUT2D eigenvalue weighted by Crippen LogP contribution is -2.55. The molecule has 2 aromatic rings. The van der Waals surface area contributed by atoms with E-state index in [2.05, 4.69) is 26.2 Å². The van der Waals surface area contributed by atoms with Crippen LogP contribution in [0.25, 0.3) is 0 Å². The van der Waals surface area contributed by atoms with E-state index in [1.54, 1.807) is 48.8 Å². The predicted octanol–water partition coefficient (Wildman–Crippen LogP) is 2.73. The molecule has 6 nitrogen and oxygen atoms in total. The van der Waals surface area contributed by atoms with Gasteiger partial charge in [-0.2, -0.15) is 4.31 Å². The Hall–Kier alpha value is -0.900. The molecule has 3 rings (SSSR count). The number of aromatic nitrogens is 1. The normalized spacial score (nSPS) is 17.7. The van der Waals surface area contributed by atoms with Crippen LogP contribution in [0.2, 0.25) is 0 Å². The molecule has 26 heavy (non-hydrogen) atoms. The average molecular weight is 485 g/mol. The summed E-state index contributed by atoms with van der Waals surface area (Å²) in [5.41, 5.74) is 0. The molecular weight excluding hydrogens is 465 g/mol. The molecule has 0 bridgehead atoms. The second-order valence-corrected chi connectivity index (χ2v) is 8.23. The van der Waals surface area contributed by atoms with Crippen molar-refractivity contribution in [2.24, 2.45) is 0 Å². The van der Waals surface area contributed by atoms with Crippen molar-refractivity contribution in [2.45, 2.75) is 10.9 Å². The minimum absolute atomic E-state index is 0. The molecule has 0 aliphatic carbocycles. The number of rotatable bonds is 5. The largest absolute Gasteiger partial charge is 0.490 e. The van der Waals surface area contributed by atoms with Gasteiger partial charge in [0.15, 0.2) is 0 Å². The zero-order valence-corrected chi connectivity index (χ0v) is 17.8. The van der Waals surface area contributed by atoms with Gasteiger partial charge in [0.25, 0.3) is 0 Å². The van der Waals surface area contributed by atoms with Crippen LogP contribution in [0.15, 0.2) is 58.2 Å². The molecule has 1 fully saturated rings. The molecule has 1 unspecified atom stereocenters. The molecule has 1 aromatic carbocycles. The highest BCUT2D eigenvalue weighted by molar-refractivity contribution is 9.10. The van der Waals surface area contributed by atoms with E-state index in [0.717, 1.165) is 4.47 Å². The second-order valence-electron chi connectivity index (χ2n) is 5.43. The maximum atomic E-state index is 12.9. The molecule has 0 saturated carbocycles. The van der Waals surface area contributed by atoms with E-state index in [4.69, 9.17) is 4.74 Å². The van der Waals surface area contributed by atoms with Crippen LogP contribution in [-0.2, 0) is 10.0 Å². The predicted molar refractivity (Wildman–Crippen MR) is 109 cm³/mol. The van der Waals surface area contributed by atoms with Crippen molar-refractivity contribution in [1.29, 1.82) is 0 Å². The standard InChI is InChI=1S/C16H18BrN3O3S.2ClH/c17-13-3-5-16(6-4-13)24(21,22)20-9-8-19-10-14(20)12-23-15-2-1-7-18-11-15;;/h1-7,11,14,19H,8-10,12H2;2*1H. The number of benzene rings is 1. The van der Waals surface area contributed by atoms with Crippen LogP contribution < -0.4 is 10.1 Å². The Labute approximate surface area is 174 Å². The average Bonchev–Trinajstić information content (AvgIpc) is 2.61. The van der Waals surface area contributed by atoms with E-state index in [-0.39, 0.29) is 37.5 Å². The maximum absolute atomic E-state index is 12.9. The second kappa shape index (κ2) is 10.4. The third kappa shape index (κ3) is 5.55. The van der Waals surface area contributed by atoms with Crippen LogP contribution in [-0.4, -0.2) is 50.0 Å². The number of hydrogen-bond acceptors (Lipinski definition) is 5. The topological polar surface area (TPSA) is 71.5 Å². The molecule has 144 valence electrons. The number of nitrogens with one attached hydrogen (secondary N) is 1. The van der Waals surface area contributed by atoms with Crippen molar-refractivity contribution in [3.8, 4) is 5.75 Å². The van der Waals surface area contributed by atoms with Gasteiger partial charge in [-0.15, -0.1) is 24.8 Å². The number of hydrogen-bond donors (Lipinski definition) is 1. The van der Waals surface area contributed by atoms with Crippen molar-refractivity contribution in [1.82, 2.24) is 14.6 Å². The molecule has 1 saturated heterocycles. The number of sulfonamides is 1. The molecule has 0 radical (unpaired) electrons. The first-order valence-electron chi connectivity index (χ1n) is 7.58. The first kappa shape index (κ1) is 23.1. The van der Waals surface area contributed by atoms with E-state index in [9.17, 15) is 8.42 Å². The van der Waals surface area contributed by atoms with Crippen LogP contribution in [0.3, 0.4) is 0 Å². The molecular formula is C16H20BrCl2N3O3S. The Morgan fingerprint density at radius 3 is 2.62 bits per heavy atom. The van der Waals surface area contributed by atoms with Crippen LogP contribution in [0.1, 0.15) is 0 Å². The van der Waals surface area contributed by atoms with Crippen molar-refractivity contribution >= 4 is 50.8 Å². The quantitative estimate of drug-likeness (QED) is 0.706. The summed E-state index contributed by atoms with van der Waals surface area (Å²) in [4.78, 5) is 4.29. The zero-order valence-electron chi connectivity index (χ0n) is 13.7. The third-order valence-electron chi connectivity index (χ3n) is 3.79. The Balaban J connectivity index is 0.00000169. The van der Waals surface area contributed by atoms with Crippen LogP contribution in [0.4, 0.5) is 0 Å². The number of nitrogens with zero attached hydrogens (tertiary/aromatic N) is 2. The molecule has 1 atom stereocenters. The number of ether oxygens (including phenoxy) is 1. The molecule has 1 aliphatic rings. The molecule has 0 amide bonds. The lowest BCUT2D eigenvalue weighted by Gasteiger charge is -2.34. The van der Waals surface area contributed by atoms with Crippen LogP contribution in [0.5, 0.6) is 5.75 Å². The monoisotopic (exact) mass is 483 g/mol. The minimum atomic E-state index is -3.56. The first-order chi connectivity index (χ1) is 11.6. The van der Waals surface area contributed by atoms with Crippen molar-refractivity contribution in [2.75, 3.05) is 26.2 Å². The highest BCUT2D eigenvalue weighted by Gasteiger charge is 2.33. The molecule has 10 heteroatoms. The van der Waals surface area contributed by atoms with Gasteiger partial charge in [-0.05, 0) is 36.4 Å². The SMILES string of the molecule is Cl.Cl.O=S(=O)(c1ccc(Br)cc1)N1CCNCC1COc1cccnc1. The van der Waals surface area contributed by atoms with Gasteiger partial charge in [-0.25, -0.2) is 8.42 Å². The van der Waals surface area contributed by atoms with Crippen molar-refractivity contribution in [3.05, 3.63) is 53.3 Å². The highest BCUT2D eigenvalue weighted by Crippen LogP contribution is 2.22. The van der Waals surface area contributed by atoms with Gasteiger partial charge in [0.2, 0.25) is 10.0 Å². The fraction of sp³-hybridized carbons (Fsp3) is 0.312. The molecule has 2 heterocycles. The smallest absolute Gasteiger partial charge is 0.243 e. The first-order valence-corrected chi connectivity index (χ1v) is 9.81. The van der Waals surface area contributed by atoms with Gasteiger partial charge in [-0.3, -0.25) is 4.98 Å². The zero-order chi connectivity index (χ0) is 17.0. The molecule has 1 N–H and O–H groups in total. The summed E-state index contributed by atoms with van der Waals surface area (Å²) in [6.45, 7) is 1.86. The molecule has 1 aromatic heterocycles. The summed E-state index contributed by atoms with van der Waals surface area (Å²) in [5.74, 6) is 0.629. The third-order valence-corrected chi connectivity index (χ3v) is 6.29. The van der Waals surface area contributed by atoms with Gasteiger partial charge in [0.1, 0.15) is 12.4 Å². The fourth-order valence-corrected chi connectivity index (χ4v) is 4.44. The summed E-state index contributed by atoms with van der Waals surface area (Å²) in [7, 11) is -3.56. The summed E-state index contributed by atoms with van der Waals surface area (Å²) < 4.78 is 33.9. The Morgan fingerprint density at radius 1 is 1.23 bits per heavy atom. The van der Waals surface area contributed by atoms with E-state index in [1.807, 2.05) is 0 Å². The Morgan fingerprint density at radius 2 is 1.96 bits per heavy atom.